The first-order valence-electron chi connectivity index (χ1n) is 10.9. The van der Waals surface area contributed by atoms with E-state index in [4.69, 9.17) is 4.98 Å². The third-order valence-electron chi connectivity index (χ3n) is 6.16. The Morgan fingerprint density at radius 2 is 1.77 bits per heavy atom. The number of amides is 1. The van der Waals surface area contributed by atoms with Crippen LogP contribution in [0.4, 0.5) is 5.00 Å². The molecule has 2 aromatic heterocycles. The first kappa shape index (κ1) is 21.7. The van der Waals surface area contributed by atoms with Crippen LogP contribution in [0.15, 0.2) is 54.7 Å². The standard InChI is InChI=1S/C25H30N4OS/c1-4-28-14-16-29(17-15-28)23(21-12-8-9-13-26-21)22-18(2)19(3)31-25(22)27-24(30)20-10-6-5-7-11-20/h5-13,23H,4,14-17H2,1-3H3,(H,27,30)/t23-/m0/s1. The molecule has 6 heteroatoms. The molecule has 3 heterocycles. The number of nitrogens with one attached hydrogen (secondary N) is 1. The predicted molar refractivity (Wildman–Crippen MR) is 128 cm³/mol. The summed E-state index contributed by atoms with van der Waals surface area (Å²) in [6, 6.07) is 15.5. The summed E-state index contributed by atoms with van der Waals surface area (Å²) in [6.45, 7) is 11.7. The molecule has 0 unspecified atom stereocenters. The van der Waals surface area contributed by atoms with Gasteiger partial charge in [0.15, 0.2) is 0 Å². The van der Waals surface area contributed by atoms with Crippen molar-refractivity contribution in [3.63, 3.8) is 0 Å². The second-order valence-corrected chi connectivity index (χ2v) is 9.20. The number of carbonyl (C=O) groups is 1. The van der Waals surface area contributed by atoms with Gasteiger partial charge in [-0.2, -0.15) is 0 Å². The van der Waals surface area contributed by atoms with E-state index in [1.807, 2.05) is 42.6 Å². The number of thiophene rings is 1. The average molecular weight is 435 g/mol. The highest BCUT2D eigenvalue weighted by Crippen LogP contribution is 2.42. The van der Waals surface area contributed by atoms with Crippen molar-refractivity contribution in [1.29, 1.82) is 0 Å². The van der Waals surface area contributed by atoms with Crippen molar-refractivity contribution in [2.24, 2.45) is 0 Å². The molecule has 5 nitrogen and oxygen atoms in total. The fourth-order valence-corrected chi connectivity index (χ4v) is 5.31. The highest BCUT2D eigenvalue weighted by Gasteiger charge is 2.32. The molecule has 1 amide bonds. The van der Waals surface area contributed by atoms with Crippen LogP contribution in [0.1, 0.15) is 45.0 Å². The number of hydrogen-bond donors (Lipinski definition) is 1. The zero-order valence-corrected chi connectivity index (χ0v) is 19.3. The van der Waals surface area contributed by atoms with Crippen LogP contribution in [0.3, 0.4) is 0 Å². The molecule has 1 aromatic carbocycles. The molecule has 3 aromatic rings. The Hall–Kier alpha value is -2.54. The van der Waals surface area contributed by atoms with Gasteiger partial charge in [-0.15, -0.1) is 11.3 Å². The van der Waals surface area contributed by atoms with E-state index in [1.165, 1.54) is 16.0 Å². The monoisotopic (exact) mass is 434 g/mol. The van der Waals surface area contributed by atoms with Gasteiger partial charge in [-0.3, -0.25) is 14.7 Å². The Kier molecular flexibility index (Phi) is 6.80. The number of pyridine rings is 1. The van der Waals surface area contributed by atoms with E-state index in [0.29, 0.717) is 5.56 Å². The van der Waals surface area contributed by atoms with Gasteiger partial charge < -0.3 is 10.2 Å². The number of likely N-dealkylation sites (N-methyl/N-ethyl adjacent to an activating group) is 1. The van der Waals surface area contributed by atoms with Crippen molar-refractivity contribution in [3.8, 4) is 0 Å². The van der Waals surface area contributed by atoms with Gasteiger partial charge in [0.25, 0.3) is 5.91 Å². The minimum absolute atomic E-state index is 0.0243. The first-order chi connectivity index (χ1) is 15.1. The fourth-order valence-electron chi connectivity index (χ4n) is 4.22. The van der Waals surface area contributed by atoms with Crippen LogP contribution in [0.25, 0.3) is 0 Å². The van der Waals surface area contributed by atoms with E-state index in [1.54, 1.807) is 11.3 Å². The number of anilines is 1. The maximum absolute atomic E-state index is 13.0. The summed E-state index contributed by atoms with van der Waals surface area (Å²) < 4.78 is 0. The number of rotatable bonds is 6. The number of piperazine rings is 1. The molecule has 0 radical (unpaired) electrons. The zero-order chi connectivity index (χ0) is 21.8. The highest BCUT2D eigenvalue weighted by atomic mass is 32.1. The number of aryl methyl sites for hydroxylation is 1. The Labute approximate surface area is 188 Å². The van der Waals surface area contributed by atoms with Crippen LogP contribution in [0, 0.1) is 13.8 Å². The molecule has 0 spiro atoms. The van der Waals surface area contributed by atoms with E-state index in [2.05, 4.69) is 48.0 Å². The van der Waals surface area contributed by atoms with Gasteiger partial charge in [-0.1, -0.05) is 31.2 Å². The van der Waals surface area contributed by atoms with Gasteiger partial charge in [-0.05, 0) is 50.2 Å². The number of benzene rings is 1. The van der Waals surface area contributed by atoms with Crippen LogP contribution >= 0.6 is 11.3 Å². The summed E-state index contributed by atoms with van der Waals surface area (Å²) in [5, 5.41) is 4.14. The summed E-state index contributed by atoms with van der Waals surface area (Å²) in [5.74, 6) is -0.0707. The summed E-state index contributed by atoms with van der Waals surface area (Å²) in [6.07, 6.45) is 1.86. The van der Waals surface area contributed by atoms with E-state index >= 15 is 0 Å². The molecule has 1 aliphatic heterocycles. The van der Waals surface area contributed by atoms with Crippen LogP contribution in [-0.2, 0) is 0 Å². The lowest BCUT2D eigenvalue weighted by atomic mass is 9.97. The largest absolute Gasteiger partial charge is 0.313 e. The highest BCUT2D eigenvalue weighted by molar-refractivity contribution is 7.16. The summed E-state index contributed by atoms with van der Waals surface area (Å²) >= 11 is 1.66. The third kappa shape index (κ3) is 4.71. The maximum Gasteiger partial charge on any atom is 0.256 e. The van der Waals surface area contributed by atoms with Crippen molar-refractivity contribution in [2.75, 3.05) is 38.0 Å². The molecule has 162 valence electrons. The van der Waals surface area contributed by atoms with Gasteiger partial charge in [0.1, 0.15) is 5.00 Å². The molecule has 0 aliphatic carbocycles. The molecule has 1 N–H and O–H groups in total. The minimum atomic E-state index is -0.0707. The SMILES string of the molecule is CCN1CCN([C@@H](c2ccccn2)c2c(NC(=O)c3ccccc3)sc(C)c2C)CC1. The van der Waals surface area contributed by atoms with Crippen LogP contribution in [-0.4, -0.2) is 53.4 Å². The molecular formula is C25H30N4OS. The quantitative estimate of drug-likeness (QED) is 0.609. The number of carbonyl (C=O) groups excluding carboxylic acids is 1. The lowest BCUT2D eigenvalue weighted by Crippen LogP contribution is -2.47. The summed E-state index contributed by atoms with van der Waals surface area (Å²) in [5.41, 5.74) is 4.11. The lowest BCUT2D eigenvalue weighted by molar-refractivity contribution is 0.102. The fraction of sp³-hybridized carbons (Fsp3) is 0.360. The average Bonchev–Trinajstić information content (AvgIpc) is 3.09. The number of nitrogens with zero attached hydrogens (tertiary/aromatic N) is 3. The normalized spacial score (nSPS) is 16.2. The van der Waals surface area contributed by atoms with Crippen LogP contribution in [0.2, 0.25) is 0 Å². The Morgan fingerprint density at radius 3 is 2.42 bits per heavy atom. The molecule has 1 aliphatic rings. The summed E-state index contributed by atoms with van der Waals surface area (Å²) in [4.78, 5) is 23.9. The molecule has 1 saturated heterocycles. The molecule has 1 fully saturated rings. The molecular weight excluding hydrogens is 404 g/mol. The van der Waals surface area contributed by atoms with Gasteiger partial charge >= 0.3 is 0 Å². The van der Waals surface area contributed by atoms with E-state index in [9.17, 15) is 4.79 Å². The third-order valence-corrected chi connectivity index (χ3v) is 7.29. The van der Waals surface area contributed by atoms with E-state index in [-0.39, 0.29) is 11.9 Å². The Morgan fingerprint density at radius 1 is 1.06 bits per heavy atom. The molecule has 4 rings (SSSR count). The summed E-state index contributed by atoms with van der Waals surface area (Å²) in [7, 11) is 0. The van der Waals surface area contributed by atoms with Crippen molar-refractivity contribution >= 4 is 22.2 Å². The van der Waals surface area contributed by atoms with Gasteiger partial charge in [-0.25, -0.2) is 0 Å². The molecule has 31 heavy (non-hydrogen) atoms. The van der Waals surface area contributed by atoms with Gasteiger partial charge in [0, 0.05) is 48.4 Å². The maximum atomic E-state index is 13.0. The molecule has 0 saturated carbocycles. The van der Waals surface area contributed by atoms with Crippen molar-refractivity contribution in [1.82, 2.24) is 14.8 Å². The molecule has 0 bridgehead atoms. The van der Waals surface area contributed by atoms with Crippen molar-refractivity contribution in [2.45, 2.75) is 26.8 Å². The Bertz CT molecular complexity index is 1010. The topological polar surface area (TPSA) is 48.5 Å². The lowest BCUT2D eigenvalue weighted by Gasteiger charge is -2.39. The van der Waals surface area contributed by atoms with Crippen molar-refractivity contribution < 1.29 is 4.79 Å². The zero-order valence-electron chi connectivity index (χ0n) is 18.5. The van der Waals surface area contributed by atoms with Gasteiger partial charge in [0.2, 0.25) is 0 Å². The second kappa shape index (κ2) is 9.73. The predicted octanol–water partition coefficient (Wildman–Crippen LogP) is 4.74. The molecule has 1 atom stereocenters. The van der Waals surface area contributed by atoms with Gasteiger partial charge in [0.05, 0.1) is 11.7 Å². The smallest absolute Gasteiger partial charge is 0.256 e. The van der Waals surface area contributed by atoms with Crippen LogP contribution < -0.4 is 5.32 Å². The van der Waals surface area contributed by atoms with Crippen molar-refractivity contribution in [3.05, 3.63) is 82.0 Å². The first-order valence-corrected chi connectivity index (χ1v) is 11.7. The second-order valence-electron chi connectivity index (χ2n) is 7.97. The number of hydrogen-bond acceptors (Lipinski definition) is 5. The van der Waals surface area contributed by atoms with E-state index in [0.717, 1.165) is 43.4 Å². The Balaban J connectivity index is 1.72. The van der Waals surface area contributed by atoms with E-state index < -0.39 is 0 Å². The van der Waals surface area contributed by atoms with Crippen LogP contribution in [0.5, 0.6) is 0 Å². The number of aromatic nitrogens is 1. The minimum Gasteiger partial charge on any atom is -0.313 e.